The molecule has 254 valence electrons. The van der Waals surface area contributed by atoms with Gasteiger partial charge in [-0.15, -0.1) is 0 Å². The molecule has 14 nitrogen and oxygen atoms in total. The average Bonchev–Trinajstić information content (AvgIpc) is 3.17. The van der Waals surface area contributed by atoms with Crippen LogP contribution in [0, 0.1) is 0 Å². The predicted molar refractivity (Wildman–Crippen MR) is 207 cm³/mol. The zero-order valence-corrected chi connectivity index (χ0v) is 27.6. The molecule has 0 atom stereocenters. The Morgan fingerprint density at radius 1 is 0.308 bits per heavy atom. The van der Waals surface area contributed by atoms with Crippen LogP contribution in [0.5, 0.6) is 0 Å². The maximum atomic E-state index is 4.51. The highest BCUT2D eigenvalue weighted by molar-refractivity contribution is 5.84. The van der Waals surface area contributed by atoms with Crippen molar-refractivity contribution in [3.05, 3.63) is 157 Å². The fourth-order valence-corrected chi connectivity index (χ4v) is 4.68. The molecular weight excluding hydrogens is 653 g/mol. The minimum atomic E-state index is 0.264. The molecule has 7 rings (SSSR count). The summed E-state index contributed by atoms with van der Waals surface area (Å²) in [5.74, 6) is 1.97. The number of hydrazone groups is 2. The van der Waals surface area contributed by atoms with Gasteiger partial charge in [-0.05, 0) is 59.7 Å². The number of anilines is 10. The van der Waals surface area contributed by atoms with E-state index in [0.29, 0.717) is 23.8 Å². The maximum Gasteiger partial charge on any atom is 0.250 e. The Hall–Kier alpha value is -7.74. The first kappa shape index (κ1) is 32.8. The summed E-state index contributed by atoms with van der Waals surface area (Å²) in [6, 6.07) is 46.3. The molecule has 6 N–H and O–H groups in total. The summed E-state index contributed by atoms with van der Waals surface area (Å²) < 4.78 is 0. The smallest absolute Gasteiger partial charge is 0.250 e. The minimum absolute atomic E-state index is 0.264. The van der Waals surface area contributed by atoms with Gasteiger partial charge < -0.3 is 21.3 Å². The Labute approximate surface area is 299 Å². The predicted octanol–water partition coefficient (Wildman–Crippen LogP) is 7.92. The van der Waals surface area contributed by atoms with Crippen molar-refractivity contribution in [1.82, 2.24) is 29.9 Å². The third-order valence-corrected chi connectivity index (χ3v) is 7.08. The van der Waals surface area contributed by atoms with Crippen LogP contribution in [0.1, 0.15) is 11.1 Å². The molecule has 0 amide bonds. The Morgan fingerprint density at radius 3 is 0.827 bits per heavy atom. The van der Waals surface area contributed by atoms with Gasteiger partial charge in [0.2, 0.25) is 35.7 Å². The lowest BCUT2D eigenvalue weighted by Gasteiger charge is -2.10. The van der Waals surface area contributed by atoms with Crippen molar-refractivity contribution in [2.24, 2.45) is 10.2 Å². The van der Waals surface area contributed by atoms with Crippen LogP contribution in [-0.4, -0.2) is 42.3 Å². The number of para-hydroxylation sites is 4. The van der Waals surface area contributed by atoms with E-state index in [2.05, 4.69) is 72.2 Å². The van der Waals surface area contributed by atoms with Crippen molar-refractivity contribution >= 4 is 70.9 Å². The molecule has 0 radical (unpaired) electrons. The van der Waals surface area contributed by atoms with Gasteiger partial charge in [-0.3, -0.25) is 0 Å². The van der Waals surface area contributed by atoms with Crippen LogP contribution >= 0.6 is 0 Å². The lowest BCUT2D eigenvalue weighted by Crippen LogP contribution is -2.07. The molecule has 0 fully saturated rings. The standard InChI is InChI=1S/C38H32N14/c1-5-13-29(14-6-1)41-33-45-34(42-30-15-7-2-8-16-30)48-37(47-33)51-39-25-27-21-23-28(24-22-27)26-40-52-38-49-35(43-31-17-9-3-10-18-31)46-36(50-38)44-32-19-11-4-12-20-32/h1-26H,(H3,41,42,45,47,48,51)(H3,43,44,46,49,50,52)/b39-25+,40-26+. The monoisotopic (exact) mass is 684 g/mol. The molecule has 2 aromatic heterocycles. The highest BCUT2D eigenvalue weighted by Gasteiger charge is 2.09. The highest BCUT2D eigenvalue weighted by Crippen LogP contribution is 2.20. The fourth-order valence-electron chi connectivity index (χ4n) is 4.68. The fraction of sp³-hybridized carbons (Fsp3) is 0. The SMILES string of the molecule is C(=N\Nc1nc(Nc2ccccc2)nc(Nc2ccccc2)n1)/c1ccc(/C=N/Nc2nc(Nc3ccccc3)nc(Nc3ccccc3)n2)cc1. The number of aromatic nitrogens is 6. The van der Waals surface area contributed by atoms with E-state index in [4.69, 9.17) is 0 Å². The molecule has 0 spiro atoms. The lowest BCUT2D eigenvalue weighted by molar-refractivity contribution is 1.04. The van der Waals surface area contributed by atoms with Crippen LogP contribution in [-0.2, 0) is 0 Å². The lowest BCUT2D eigenvalue weighted by atomic mass is 10.2. The third-order valence-electron chi connectivity index (χ3n) is 7.08. The van der Waals surface area contributed by atoms with Crippen molar-refractivity contribution in [3.8, 4) is 0 Å². The molecule has 0 aliphatic carbocycles. The van der Waals surface area contributed by atoms with Crippen LogP contribution in [0.25, 0.3) is 0 Å². The molecule has 0 aliphatic heterocycles. The maximum absolute atomic E-state index is 4.51. The van der Waals surface area contributed by atoms with Crippen molar-refractivity contribution < 1.29 is 0 Å². The molecule has 2 heterocycles. The largest absolute Gasteiger partial charge is 0.324 e. The zero-order valence-electron chi connectivity index (χ0n) is 27.6. The van der Waals surface area contributed by atoms with E-state index >= 15 is 0 Å². The summed E-state index contributed by atoms with van der Waals surface area (Å²) in [5, 5.41) is 21.5. The van der Waals surface area contributed by atoms with Gasteiger partial charge >= 0.3 is 0 Å². The van der Waals surface area contributed by atoms with Crippen molar-refractivity contribution in [2.75, 3.05) is 32.1 Å². The molecule has 0 saturated heterocycles. The van der Waals surface area contributed by atoms with Gasteiger partial charge in [0.05, 0.1) is 12.4 Å². The van der Waals surface area contributed by atoms with Crippen LogP contribution < -0.4 is 32.1 Å². The van der Waals surface area contributed by atoms with Crippen molar-refractivity contribution in [2.45, 2.75) is 0 Å². The molecule has 0 unspecified atom stereocenters. The van der Waals surface area contributed by atoms with E-state index in [1.165, 1.54) is 0 Å². The van der Waals surface area contributed by atoms with E-state index < -0.39 is 0 Å². The van der Waals surface area contributed by atoms with E-state index in [1.807, 2.05) is 146 Å². The summed E-state index contributed by atoms with van der Waals surface area (Å²) in [7, 11) is 0. The van der Waals surface area contributed by atoms with E-state index in [0.717, 1.165) is 33.9 Å². The Kier molecular flexibility index (Phi) is 10.5. The van der Waals surface area contributed by atoms with Gasteiger partial charge in [0.15, 0.2) is 0 Å². The van der Waals surface area contributed by atoms with Crippen LogP contribution in [0.2, 0.25) is 0 Å². The summed E-state index contributed by atoms with van der Waals surface area (Å²) in [6.45, 7) is 0. The van der Waals surface area contributed by atoms with Crippen LogP contribution in [0.15, 0.2) is 156 Å². The normalized spacial score (nSPS) is 10.9. The zero-order chi connectivity index (χ0) is 35.2. The summed E-state index contributed by atoms with van der Waals surface area (Å²) in [4.78, 5) is 27.0. The molecule has 14 heteroatoms. The average molecular weight is 685 g/mol. The van der Waals surface area contributed by atoms with Crippen molar-refractivity contribution in [1.29, 1.82) is 0 Å². The highest BCUT2D eigenvalue weighted by atomic mass is 15.4. The second-order valence-corrected chi connectivity index (χ2v) is 11.0. The number of nitrogens with zero attached hydrogens (tertiary/aromatic N) is 8. The minimum Gasteiger partial charge on any atom is -0.324 e. The van der Waals surface area contributed by atoms with Gasteiger partial charge in [0.25, 0.3) is 0 Å². The Balaban J connectivity index is 1.00. The molecule has 0 bridgehead atoms. The first-order chi connectivity index (χ1) is 25.7. The molecule has 52 heavy (non-hydrogen) atoms. The molecular formula is C38H32N14. The van der Waals surface area contributed by atoms with Gasteiger partial charge in [0, 0.05) is 22.7 Å². The number of hydrogen-bond acceptors (Lipinski definition) is 14. The Bertz CT molecular complexity index is 1950. The Morgan fingerprint density at radius 2 is 0.558 bits per heavy atom. The van der Waals surface area contributed by atoms with Gasteiger partial charge in [0.1, 0.15) is 0 Å². The third kappa shape index (κ3) is 9.67. The van der Waals surface area contributed by atoms with E-state index in [1.54, 1.807) is 12.4 Å². The molecule has 5 aromatic carbocycles. The van der Waals surface area contributed by atoms with E-state index in [-0.39, 0.29) is 11.9 Å². The van der Waals surface area contributed by atoms with E-state index in [9.17, 15) is 0 Å². The van der Waals surface area contributed by atoms with Crippen LogP contribution in [0.3, 0.4) is 0 Å². The van der Waals surface area contributed by atoms with Gasteiger partial charge in [-0.2, -0.15) is 40.1 Å². The van der Waals surface area contributed by atoms with Crippen LogP contribution in [0.4, 0.5) is 58.4 Å². The molecule has 7 aromatic rings. The summed E-state index contributed by atoms with van der Waals surface area (Å²) in [6.07, 6.45) is 3.34. The number of benzene rings is 5. The van der Waals surface area contributed by atoms with Gasteiger partial charge in [-0.1, -0.05) is 97.1 Å². The molecule has 0 saturated carbocycles. The second kappa shape index (κ2) is 16.6. The topological polar surface area (TPSA) is 174 Å². The number of hydrogen-bond donors (Lipinski definition) is 6. The van der Waals surface area contributed by atoms with Gasteiger partial charge in [-0.25, -0.2) is 10.9 Å². The first-order valence-electron chi connectivity index (χ1n) is 16.2. The number of nitrogens with one attached hydrogen (secondary N) is 6. The summed E-state index contributed by atoms with van der Waals surface area (Å²) in [5.41, 5.74) is 10.9. The first-order valence-corrected chi connectivity index (χ1v) is 16.2. The van der Waals surface area contributed by atoms with Crippen molar-refractivity contribution in [3.63, 3.8) is 0 Å². The second-order valence-electron chi connectivity index (χ2n) is 11.0. The number of rotatable bonds is 14. The summed E-state index contributed by atoms with van der Waals surface area (Å²) >= 11 is 0. The molecule has 0 aliphatic rings. The quantitative estimate of drug-likeness (QED) is 0.0483.